The van der Waals surface area contributed by atoms with Crippen LogP contribution in [0.4, 0.5) is 5.00 Å². The van der Waals surface area contributed by atoms with E-state index < -0.39 is 5.97 Å². The molecule has 1 amide bonds. The van der Waals surface area contributed by atoms with Crippen molar-refractivity contribution in [2.24, 2.45) is 0 Å². The fraction of sp³-hybridized carbons (Fsp3) is 0.231. The number of aromatic nitrogens is 3. The molecule has 4 rings (SSSR count). The number of rotatable bonds is 9. The summed E-state index contributed by atoms with van der Waals surface area (Å²) >= 11 is 4.26. The number of thioether (sulfide) groups is 1. The Bertz CT molecular complexity index is 1420. The van der Waals surface area contributed by atoms with Gasteiger partial charge in [0.1, 0.15) is 10.6 Å². The topological polar surface area (TPSA) is 86.1 Å². The Morgan fingerprint density at radius 3 is 2.47 bits per heavy atom. The minimum absolute atomic E-state index is 0.106. The summed E-state index contributed by atoms with van der Waals surface area (Å²) < 4.78 is 6.97. The molecule has 3 heterocycles. The first kappa shape index (κ1) is 25.9. The van der Waals surface area contributed by atoms with Gasteiger partial charge in [-0.25, -0.2) is 4.79 Å². The Kier molecular flexibility index (Phi) is 8.07. The van der Waals surface area contributed by atoms with Crippen molar-refractivity contribution in [1.82, 2.24) is 14.8 Å². The van der Waals surface area contributed by atoms with Crippen LogP contribution in [-0.4, -0.2) is 39.5 Å². The van der Waals surface area contributed by atoms with E-state index in [0.29, 0.717) is 22.3 Å². The minimum atomic E-state index is -0.494. The van der Waals surface area contributed by atoms with E-state index in [9.17, 15) is 9.59 Å². The summed E-state index contributed by atoms with van der Waals surface area (Å²) in [6.45, 7) is 10.5. The molecule has 0 aliphatic carbocycles. The maximum absolute atomic E-state index is 12.9. The molecule has 0 saturated carbocycles. The van der Waals surface area contributed by atoms with Crippen LogP contribution < -0.4 is 5.32 Å². The monoisotopic (exact) mass is 538 g/mol. The molecule has 10 heteroatoms. The molecule has 0 aliphatic heterocycles. The van der Waals surface area contributed by atoms with Crippen molar-refractivity contribution in [2.75, 3.05) is 18.2 Å². The van der Waals surface area contributed by atoms with E-state index in [1.165, 1.54) is 40.6 Å². The minimum Gasteiger partial charge on any atom is -0.465 e. The van der Waals surface area contributed by atoms with Crippen molar-refractivity contribution in [3.8, 4) is 22.5 Å². The summed E-state index contributed by atoms with van der Waals surface area (Å²) in [4.78, 5) is 26.7. The molecule has 0 spiro atoms. The Hall–Kier alpha value is -3.21. The number of hydrogen-bond donors (Lipinski definition) is 1. The van der Waals surface area contributed by atoms with Gasteiger partial charge in [0.15, 0.2) is 11.0 Å². The first-order chi connectivity index (χ1) is 17.3. The molecular formula is C26H26N4O3S3. The number of anilines is 1. The second kappa shape index (κ2) is 11.2. The lowest BCUT2D eigenvalue weighted by Gasteiger charge is -2.09. The third-order valence-corrected chi connectivity index (χ3v) is 8.56. The van der Waals surface area contributed by atoms with Crippen LogP contribution in [0.15, 0.2) is 52.8 Å². The van der Waals surface area contributed by atoms with E-state index in [4.69, 9.17) is 4.74 Å². The third-order valence-electron chi connectivity index (χ3n) is 5.68. The summed E-state index contributed by atoms with van der Waals surface area (Å²) in [5.41, 5.74) is 5.29. The van der Waals surface area contributed by atoms with E-state index in [1.54, 1.807) is 17.4 Å². The molecule has 4 aromatic rings. The average Bonchev–Trinajstić information content (AvgIpc) is 3.56. The lowest BCUT2D eigenvalue weighted by Crippen LogP contribution is -2.16. The van der Waals surface area contributed by atoms with Crippen molar-refractivity contribution in [3.63, 3.8) is 0 Å². The van der Waals surface area contributed by atoms with Crippen LogP contribution >= 0.6 is 34.4 Å². The van der Waals surface area contributed by atoms with Gasteiger partial charge in [0, 0.05) is 33.3 Å². The van der Waals surface area contributed by atoms with Crippen molar-refractivity contribution in [1.29, 1.82) is 0 Å². The number of ether oxygens (including phenoxy) is 1. The zero-order valence-electron chi connectivity index (χ0n) is 20.5. The Morgan fingerprint density at radius 2 is 1.83 bits per heavy atom. The number of allylic oxidation sites excluding steroid dienone is 1. The van der Waals surface area contributed by atoms with Gasteiger partial charge in [0.25, 0.3) is 0 Å². The van der Waals surface area contributed by atoms with Crippen LogP contribution in [0.2, 0.25) is 0 Å². The number of amides is 1. The standard InChI is InChI=1S/C26H26N4O3S3/c1-6-11-30-23(19-12-34-17(4)16(19)3)28-29-26(30)36-14-21(31)27-24-22(25(32)33-5)20(13-35-24)18-9-7-15(2)8-10-18/h6-10,12-13H,1,11,14H2,2-5H3,(H,27,31). The number of esters is 1. The van der Waals surface area contributed by atoms with E-state index in [2.05, 4.69) is 41.3 Å². The first-order valence-corrected chi connectivity index (χ1v) is 13.9. The molecule has 186 valence electrons. The lowest BCUT2D eigenvalue weighted by molar-refractivity contribution is -0.113. The van der Waals surface area contributed by atoms with Gasteiger partial charge < -0.3 is 10.1 Å². The van der Waals surface area contributed by atoms with Crippen molar-refractivity contribution < 1.29 is 14.3 Å². The number of benzene rings is 1. The van der Waals surface area contributed by atoms with E-state index in [1.807, 2.05) is 41.1 Å². The van der Waals surface area contributed by atoms with Crippen molar-refractivity contribution >= 4 is 51.3 Å². The van der Waals surface area contributed by atoms with Gasteiger partial charge in [-0.2, -0.15) is 0 Å². The van der Waals surface area contributed by atoms with Crippen LogP contribution in [0.3, 0.4) is 0 Å². The Labute approximate surface area is 222 Å². The largest absolute Gasteiger partial charge is 0.465 e. The first-order valence-electron chi connectivity index (χ1n) is 11.1. The fourth-order valence-corrected chi connectivity index (χ4v) is 6.20. The highest BCUT2D eigenvalue weighted by Gasteiger charge is 2.23. The second-order valence-electron chi connectivity index (χ2n) is 8.08. The molecule has 0 saturated heterocycles. The molecule has 0 unspecified atom stereocenters. The maximum Gasteiger partial charge on any atom is 0.341 e. The van der Waals surface area contributed by atoms with Crippen molar-refractivity contribution in [2.45, 2.75) is 32.5 Å². The Balaban J connectivity index is 1.53. The van der Waals surface area contributed by atoms with Gasteiger partial charge in [0.2, 0.25) is 5.91 Å². The van der Waals surface area contributed by atoms with Gasteiger partial charge in [-0.3, -0.25) is 9.36 Å². The number of hydrogen-bond acceptors (Lipinski definition) is 8. The molecule has 1 aromatic carbocycles. The van der Waals surface area contributed by atoms with Crippen LogP contribution in [0.25, 0.3) is 22.5 Å². The highest BCUT2D eigenvalue weighted by atomic mass is 32.2. The lowest BCUT2D eigenvalue weighted by atomic mass is 10.0. The predicted molar refractivity (Wildman–Crippen MR) is 148 cm³/mol. The molecule has 0 fully saturated rings. The fourth-order valence-electron chi connectivity index (χ4n) is 3.62. The van der Waals surface area contributed by atoms with Gasteiger partial charge in [0.05, 0.1) is 12.9 Å². The summed E-state index contributed by atoms with van der Waals surface area (Å²) in [5, 5.41) is 16.6. The zero-order chi connectivity index (χ0) is 25.8. The number of thiophene rings is 2. The van der Waals surface area contributed by atoms with Crippen LogP contribution in [0.1, 0.15) is 26.4 Å². The van der Waals surface area contributed by atoms with E-state index >= 15 is 0 Å². The smallest absolute Gasteiger partial charge is 0.341 e. The molecule has 7 nitrogen and oxygen atoms in total. The SMILES string of the molecule is C=CCn1c(SCC(=O)Nc2scc(-c3ccc(C)cc3)c2C(=O)OC)nnc1-c1csc(C)c1C. The molecule has 0 bridgehead atoms. The molecule has 0 atom stereocenters. The highest BCUT2D eigenvalue weighted by Crippen LogP contribution is 2.37. The second-order valence-corrected chi connectivity index (χ2v) is 11.0. The number of carbonyl (C=O) groups is 2. The molecule has 36 heavy (non-hydrogen) atoms. The summed E-state index contributed by atoms with van der Waals surface area (Å²) in [6, 6.07) is 7.86. The highest BCUT2D eigenvalue weighted by molar-refractivity contribution is 7.99. The van der Waals surface area contributed by atoms with Crippen LogP contribution in [0, 0.1) is 20.8 Å². The molecule has 3 aromatic heterocycles. The molecule has 0 radical (unpaired) electrons. The number of nitrogens with zero attached hydrogens (tertiary/aromatic N) is 3. The number of carbonyl (C=O) groups excluding carboxylic acids is 2. The average molecular weight is 539 g/mol. The number of methoxy groups -OCH3 is 1. The Morgan fingerprint density at radius 1 is 1.11 bits per heavy atom. The van der Waals surface area contributed by atoms with Crippen molar-refractivity contribution in [3.05, 3.63) is 69.2 Å². The number of nitrogens with one attached hydrogen (secondary N) is 1. The van der Waals surface area contributed by atoms with Gasteiger partial charge in [-0.1, -0.05) is 47.7 Å². The van der Waals surface area contributed by atoms with E-state index in [0.717, 1.165) is 28.1 Å². The quantitative estimate of drug-likeness (QED) is 0.152. The summed E-state index contributed by atoms with van der Waals surface area (Å²) in [6.07, 6.45) is 1.78. The third kappa shape index (κ3) is 5.30. The van der Waals surface area contributed by atoms with Gasteiger partial charge in [-0.15, -0.1) is 39.4 Å². The van der Waals surface area contributed by atoms with E-state index in [-0.39, 0.29) is 11.7 Å². The van der Waals surface area contributed by atoms with Crippen LogP contribution in [-0.2, 0) is 16.1 Å². The molecule has 1 N–H and O–H groups in total. The zero-order valence-corrected chi connectivity index (χ0v) is 22.9. The van der Waals surface area contributed by atoms with Gasteiger partial charge >= 0.3 is 5.97 Å². The van der Waals surface area contributed by atoms with Crippen LogP contribution in [0.5, 0.6) is 0 Å². The maximum atomic E-state index is 12.9. The van der Waals surface area contributed by atoms with Gasteiger partial charge in [-0.05, 0) is 31.9 Å². The normalized spacial score (nSPS) is 10.9. The number of aryl methyl sites for hydroxylation is 2. The summed E-state index contributed by atoms with van der Waals surface area (Å²) in [5.74, 6) is 0.120. The predicted octanol–water partition coefficient (Wildman–Crippen LogP) is 6.36. The molecule has 0 aliphatic rings. The summed E-state index contributed by atoms with van der Waals surface area (Å²) in [7, 11) is 1.33. The molecular weight excluding hydrogens is 513 g/mol.